The standard InChI is InChI=1S/C68H109O11P/c1-4-7-10-13-16-19-22-25-28-30-32-34-37-39-42-45-48-51-54-57-66(70)75-61-65(79-68(72)59-56-53-50-47-44-41-38-35-33-31-29-26-23-20-17-14-11-8-5-2)63-77-80(73,74)76-62-64(60-69)78-67(71)58-55-52-49-46-43-40-36-27-24-21-18-15-12-9-6-3/h7,9-10,12,16-21,25-29,32-36,39,42-43,46,64-65,69H,4-6,8,11,13-15,22-24,30-31,37-38,40-41,44-45,47-63H2,1-3H3,(H,73,74)/b10-7-,12-9-,19-16-,20-17-,21-18-,28-25-,29-26-,34-32-,35-33-,36-27-,42-39-,46-43-. The predicted octanol–water partition coefficient (Wildman–Crippen LogP) is 18.7. The van der Waals surface area contributed by atoms with Crippen LogP contribution in [0.5, 0.6) is 0 Å². The summed E-state index contributed by atoms with van der Waals surface area (Å²) in [6.07, 6.45) is 78.0. The summed E-state index contributed by atoms with van der Waals surface area (Å²) in [6, 6.07) is 0. The van der Waals surface area contributed by atoms with E-state index in [9.17, 15) is 28.9 Å². The Balaban J connectivity index is 4.87. The zero-order valence-electron chi connectivity index (χ0n) is 50.0. The first-order valence-electron chi connectivity index (χ1n) is 30.7. The van der Waals surface area contributed by atoms with Gasteiger partial charge in [0.15, 0.2) is 6.10 Å². The Hall–Kier alpha value is -4.64. The molecule has 0 radical (unpaired) electrons. The lowest BCUT2D eigenvalue weighted by molar-refractivity contribution is -0.161. The highest BCUT2D eigenvalue weighted by Crippen LogP contribution is 2.43. The summed E-state index contributed by atoms with van der Waals surface area (Å²) in [4.78, 5) is 48.7. The number of esters is 3. The van der Waals surface area contributed by atoms with E-state index in [2.05, 4.69) is 167 Å². The molecule has 452 valence electrons. The second-order valence-corrected chi connectivity index (χ2v) is 21.2. The molecule has 0 aliphatic rings. The number of ether oxygens (including phenoxy) is 3. The fraction of sp³-hybridized carbons (Fsp3) is 0.603. The van der Waals surface area contributed by atoms with Gasteiger partial charge < -0.3 is 24.2 Å². The lowest BCUT2D eigenvalue weighted by Crippen LogP contribution is -2.30. The van der Waals surface area contributed by atoms with Crippen LogP contribution in [0.3, 0.4) is 0 Å². The molecule has 0 aliphatic heterocycles. The molecule has 0 aliphatic carbocycles. The SMILES string of the molecule is CC/C=C\C/C=C\C/C=C\C/C=C\C/C=C\CCCCCC(=O)OCC(COP(=O)(O)OCC(CO)OC(=O)CCCC/C=C\C/C=C\C/C=C\C/C=C\CC)OC(=O)CCCCCCCC/C=C\C/C=C\C/C=C\CCCCC. The number of allylic oxidation sites excluding steroid dienone is 24. The number of unbranched alkanes of at least 4 members (excludes halogenated alkanes) is 14. The van der Waals surface area contributed by atoms with E-state index in [1.54, 1.807) is 0 Å². The Morgan fingerprint density at radius 3 is 1.04 bits per heavy atom. The quantitative estimate of drug-likeness (QED) is 0.0197. The number of aliphatic hydroxyl groups is 1. The third kappa shape index (κ3) is 58.0. The molecule has 0 aromatic rings. The van der Waals surface area contributed by atoms with E-state index in [0.29, 0.717) is 19.3 Å². The van der Waals surface area contributed by atoms with Crippen molar-refractivity contribution < 1.29 is 52.2 Å². The molecule has 3 unspecified atom stereocenters. The average molecular weight is 1130 g/mol. The zero-order valence-corrected chi connectivity index (χ0v) is 50.9. The summed E-state index contributed by atoms with van der Waals surface area (Å²) < 4.78 is 39.5. The maximum Gasteiger partial charge on any atom is 0.472 e. The van der Waals surface area contributed by atoms with Crippen LogP contribution in [0, 0.1) is 0 Å². The van der Waals surface area contributed by atoms with E-state index >= 15 is 0 Å². The van der Waals surface area contributed by atoms with Crippen molar-refractivity contribution in [1.82, 2.24) is 0 Å². The zero-order chi connectivity index (χ0) is 58.3. The second-order valence-electron chi connectivity index (χ2n) is 19.7. The number of carbonyl (C=O) groups excluding carboxylic acids is 3. The normalized spacial score (nSPS) is 14.3. The molecule has 0 spiro atoms. The number of rotatable bonds is 55. The van der Waals surface area contributed by atoms with Crippen LogP contribution in [0.15, 0.2) is 146 Å². The predicted molar refractivity (Wildman–Crippen MR) is 334 cm³/mol. The number of phosphoric ester groups is 1. The van der Waals surface area contributed by atoms with Gasteiger partial charge in [-0.1, -0.05) is 212 Å². The number of hydrogen-bond donors (Lipinski definition) is 2. The lowest BCUT2D eigenvalue weighted by atomic mass is 10.1. The number of aliphatic hydroxyl groups excluding tert-OH is 1. The molecule has 11 nitrogen and oxygen atoms in total. The van der Waals surface area contributed by atoms with E-state index in [-0.39, 0.29) is 25.9 Å². The third-order valence-electron chi connectivity index (χ3n) is 12.2. The molecule has 0 saturated heterocycles. The maximum absolute atomic E-state index is 12.9. The average Bonchev–Trinajstić information content (AvgIpc) is 3.45. The van der Waals surface area contributed by atoms with E-state index in [0.717, 1.165) is 141 Å². The molecule has 0 fully saturated rings. The van der Waals surface area contributed by atoms with Gasteiger partial charge in [-0.3, -0.25) is 23.4 Å². The molecule has 0 saturated carbocycles. The third-order valence-corrected chi connectivity index (χ3v) is 13.2. The first kappa shape index (κ1) is 75.4. The van der Waals surface area contributed by atoms with E-state index in [1.165, 1.54) is 25.7 Å². The van der Waals surface area contributed by atoms with E-state index in [1.807, 2.05) is 0 Å². The Morgan fingerprint density at radius 2 is 0.650 bits per heavy atom. The van der Waals surface area contributed by atoms with Gasteiger partial charge in [0.2, 0.25) is 0 Å². The van der Waals surface area contributed by atoms with Crippen molar-refractivity contribution in [3.63, 3.8) is 0 Å². The molecule has 0 amide bonds. The van der Waals surface area contributed by atoms with Crippen LogP contribution in [-0.2, 0) is 42.2 Å². The summed E-state index contributed by atoms with van der Waals surface area (Å²) >= 11 is 0. The van der Waals surface area contributed by atoms with Crippen LogP contribution in [0.4, 0.5) is 0 Å². The Kier molecular flexibility index (Phi) is 56.9. The van der Waals surface area contributed by atoms with Gasteiger partial charge in [-0.25, -0.2) is 4.57 Å². The van der Waals surface area contributed by atoms with Gasteiger partial charge in [-0.2, -0.15) is 0 Å². The highest BCUT2D eigenvalue weighted by atomic mass is 31.2. The minimum atomic E-state index is -4.79. The molecule has 0 aromatic heterocycles. The number of phosphoric acid groups is 1. The van der Waals surface area contributed by atoms with Crippen molar-refractivity contribution in [3.05, 3.63) is 146 Å². The van der Waals surface area contributed by atoms with Crippen LogP contribution in [0.2, 0.25) is 0 Å². The smallest absolute Gasteiger partial charge is 0.462 e. The van der Waals surface area contributed by atoms with Crippen molar-refractivity contribution in [2.45, 2.75) is 238 Å². The first-order chi connectivity index (χ1) is 39.2. The minimum Gasteiger partial charge on any atom is -0.462 e. The molecule has 2 N–H and O–H groups in total. The summed E-state index contributed by atoms with van der Waals surface area (Å²) in [6.45, 7) is 4.28. The van der Waals surface area contributed by atoms with Crippen molar-refractivity contribution in [3.8, 4) is 0 Å². The molecule has 12 heteroatoms. The van der Waals surface area contributed by atoms with Crippen LogP contribution in [-0.4, -0.2) is 66.5 Å². The molecule has 0 heterocycles. The monoisotopic (exact) mass is 1130 g/mol. The molecule has 3 atom stereocenters. The highest BCUT2D eigenvalue weighted by molar-refractivity contribution is 7.47. The first-order valence-corrected chi connectivity index (χ1v) is 32.2. The molecule has 0 rings (SSSR count). The second kappa shape index (κ2) is 60.5. The summed E-state index contributed by atoms with van der Waals surface area (Å²) in [5, 5.41) is 9.83. The minimum absolute atomic E-state index is 0.114. The summed E-state index contributed by atoms with van der Waals surface area (Å²) in [5.74, 6) is -1.58. The largest absolute Gasteiger partial charge is 0.472 e. The van der Waals surface area contributed by atoms with Gasteiger partial charge in [-0.05, 0) is 141 Å². The van der Waals surface area contributed by atoms with Gasteiger partial charge in [0, 0.05) is 19.3 Å². The lowest BCUT2D eigenvalue weighted by Gasteiger charge is -2.21. The highest BCUT2D eigenvalue weighted by Gasteiger charge is 2.28. The Labute approximate surface area is 486 Å². The fourth-order valence-corrected chi connectivity index (χ4v) is 8.40. The van der Waals surface area contributed by atoms with Gasteiger partial charge in [0.25, 0.3) is 0 Å². The Morgan fingerprint density at radius 1 is 0.362 bits per heavy atom. The Bertz CT molecular complexity index is 1900. The number of carbonyl (C=O) groups is 3. The molecular weight excluding hydrogens is 1020 g/mol. The molecule has 0 bridgehead atoms. The van der Waals surface area contributed by atoms with Crippen molar-refractivity contribution in [2.24, 2.45) is 0 Å². The number of hydrogen-bond acceptors (Lipinski definition) is 10. The van der Waals surface area contributed by atoms with E-state index < -0.39 is 57.8 Å². The van der Waals surface area contributed by atoms with Gasteiger partial charge >= 0.3 is 25.7 Å². The van der Waals surface area contributed by atoms with Gasteiger partial charge in [0.05, 0.1) is 19.8 Å². The summed E-state index contributed by atoms with van der Waals surface area (Å²) in [5.41, 5.74) is 0. The fourth-order valence-electron chi connectivity index (χ4n) is 7.61. The molecular formula is C68H109O11P. The van der Waals surface area contributed by atoms with Crippen molar-refractivity contribution in [1.29, 1.82) is 0 Å². The molecule has 0 aromatic carbocycles. The van der Waals surface area contributed by atoms with Crippen LogP contribution < -0.4 is 0 Å². The molecule has 80 heavy (non-hydrogen) atoms. The van der Waals surface area contributed by atoms with Gasteiger partial charge in [0.1, 0.15) is 12.7 Å². The van der Waals surface area contributed by atoms with Crippen LogP contribution >= 0.6 is 7.82 Å². The summed E-state index contributed by atoms with van der Waals surface area (Å²) in [7, 11) is -4.79. The topological polar surface area (TPSA) is 155 Å². The van der Waals surface area contributed by atoms with Crippen molar-refractivity contribution in [2.75, 3.05) is 26.4 Å². The van der Waals surface area contributed by atoms with Gasteiger partial charge in [-0.15, -0.1) is 0 Å². The maximum atomic E-state index is 12.9. The van der Waals surface area contributed by atoms with Crippen LogP contribution in [0.25, 0.3) is 0 Å². The van der Waals surface area contributed by atoms with Crippen LogP contribution in [0.1, 0.15) is 226 Å². The van der Waals surface area contributed by atoms with Crippen molar-refractivity contribution >= 4 is 25.7 Å². The van der Waals surface area contributed by atoms with E-state index in [4.69, 9.17) is 23.3 Å².